The van der Waals surface area contributed by atoms with E-state index in [-0.39, 0.29) is 13.2 Å². The minimum atomic E-state index is -2.33. The number of hydrogen-bond donors (Lipinski definition) is 0. The van der Waals surface area contributed by atoms with Gasteiger partial charge in [0, 0.05) is 6.61 Å². The molecule has 2 aromatic carbocycles. The van der Waals surface area contributed by atoms with Gasteiger partial charge in [-0.1, -0.05) is 19.1 Å². The Labute approximate surface area is 182 Å². The lowest BCUT2D eigenvalue weighted by Crippen LogP contribution is -2.15. The lowest BCUT2D eigenvalue weighted by molar-refractivity contribution is -0.136. The molecule has 0 saturated heterocycles. The van der Waals surface area contributed by atoms with Gasteiger partial charge in [0.1, 0.15) is 12.4 Å². The second-order valence-electron chi connectivity index (χ2n) is 6.59. The molecule has 0 aliphatic heterocycles. The third kappa shape index (κ3) is 7.45. The zero-order chi connectivity index (χ0) is 23.5. The first-order valence-electron chi connectivity index (χ1n) is 9.94. The predicted octanol–water partition coefficient (Wildman–Crippen LogP) is 4.74. The summed E-state index contributed by atoms with van der Waals surface area (Å²) in [6.07, 6.45) is 0.987. The second-order valence-corrected chi connectivity index (χ2v) is 6.59. The van der Waals surface area contributed by atoms with Crippen molar-refractivity contribution in [1.82, 2.24) is 0 Å². The maximum Gasteiger partial charge on any atom is 0.313 e. The molecule has 0 aliphatic carbocycles. The molecule has 2 aromatic rings. The first-order valence-corrected chi connectivity index (χ1v) is 9.94. The monoisotopic (exact) mass is 462 g/mol. The fraction of sp³-hybridized carbons (Fsp3) is 0.409. The Balaban J connectivity index is 1.72. The topological polar surface area (TPSA) is 54.0 Å². The smallest absolute Gasteiger partial charge is 0.313 e. The molecule has 0 heterocycles. The summed E-state index contributed by atoms with van der Waals surface area (Å²) in [5, 5.41) is 0. The van der Waals surface area contributed by atoms with E-state index in [0.29, 0.717) is 32.0 Å². The van der Waals surface area contributed by atoms with Crippen LogP contribution in [0.1, 0.15) is 25.3 Å². The zero-order valence-electron chi connectivity index (χ0n) is 17.4. The van der Waals surface area contributed by atoms with Gasteiger partial charge in [-0.3, -0.25) is 4.79 Å². The van der Waals surface area contributed by atoms with Gasteiger partial charge in [0.25, 0.3) is 0 Å². The Kier molecular flexibility index (Phi) is 10.4. The van der Waals surface area contributed by atoms with Crippen molar-refractivity contribution in [3.05, 3.63) is 58.9 Å². The molecule has 176 valence electrons. The third-order valence-electron chi connectivity index (χ3n) is 4.11. The van der Waals surface area contributed by atoms with E-state index in [9.17, 15) is 26.7 Å². The molecule has 0 amide bonds. The zero-order valence-corrected chi connectivity index (χ0v) is 17.4. The minimum absolute atomic E-state index is 0.167. The highest BCUT2D eigenvalue weighted by Crippen LogP contribution is 2.29. The lowest BCUT2D eigenvalue weighted by Gasteiger charge is -2.10. The highest BCUT2D eigenvalue weighted by atomic mass is 19.2. The number of hydrogen-bond acceptors (Lipinski definition) is 5. The maximum atomic E-state index is 13.5. The molecule has 0 bridgehead atoms. The summed E-state index contributed by atoms with van der Waals surface area (Å²) < 4.78 is 86.8. The van der Waals surface area contributed by atoms with Gasteiger partial charge in [-0.05, 0) is 30.5 Å². The van der Waals surface area contributed by atoms with E-state index in [4.69, 9.17) is 14.2 Å². The summed E-state index contributed by atoms with van der Waals surface area (Å²) in [6.45, 7) is 3.66. The lowest BCUT2D eigenvalue weighted by atomic mass is 10.1. The van der Waals surface area contributed by atoms with Crippen LogP contribution in [-0.2, 0) is 20.7 Å². The molecule has 2 rings (SSSR count). The van der Waals surface area contributed by atoms with E-state index in [1.54, 1.807) is 6.07 Å². The van der Waals surface area contributed by atoms with Gasteiger partial charge in [0.2, 0.25) is 34.8 Å². The van der Waals surface area contributed by atoms with Crippen molar-refractivity contribution in [3.63, 3.8) is 0 Å². The third-order valence-corrected chi connectivity index (χ3v) is 4.11. The standard InChI is InChI=1S/C22H23F5O5/c1-2-8-29-11-12-31-15-5-3-4-14(13-15)6-9-30-10-7-16(28)32-22-20(26)18(24)17(23)19(25)21(22)27/h3-5,13H,2,6-12H2,1H3. The molecule has 5 nitrogen and oxygen atoms in total. The van der Waals surface area contributed by atoms with E-state index in [2.05, 4.69) is 4.74 Å². The fourth-order valence-corrected chi connectivity index (χ4v) is 2.54. The van der Waals surface area contributed by atoms with Crippen molar-refractivity contribution in [2.45, 2.75) is 26.2 Å². The van der Waals surface area contributed by atoms with Crippen LogP contribution >= 0.6 is 0 Å². The van der Waals surface area contributed by atoms with E-state index >= 15 is 0 Å². The van der Waals surface area contributed by atoms with Crippen LogP contribution in [0.4, 0.5) is 22.0 Å². The predicted molar refractivity (Wildman–Crippen MR) is 104 cm³/mol. The van der Waals surface area contributed by atoms with E-state index in [1.165, 1.54) is 0 Å². The normalized spacial score (nSPS) is 10.9. The van der Waals surface area contributed by atoms with Crippen LogP contribution in [-0.4, -0.2) is 39.0 Å². The molecule has 0 unspecified atom stereocenters. The summed E-state index contributed by atoms with van der Waals surface area (Å²) in [7, 11) is 0. The number of carbonyl (C=O) groups excluding carboxylic acids is 1. The number of ether oxygens (including phenoxy) is 4. The molecule has 0 fully saturated rings. The molecule has 10 heteroatoms. The summed E-state index contributed by atoms with van der Waals surface area (Å²) in [5.41, 5.74) is 0.918. The van der Waals surface area contributed by atoms with Crippen LogP contribution in [0.5, 0.6) is 11.5 Å². The molecular weight excluding hydrogens is 439 g/mol. The largest absolute Gasteiger partial charge is 0.491 e. The first kappa shape index (κ1) is 25.5. The van der Waals surface area contributed by atoms with Gasteiger partial charge in [0.05, 0.1) is 26.2 Å². The summed E-state index contributed by atoms with van der Waals surface area (Å²) in [5.74, 6) is -13.3. The Morgan fingerprint density at radius 1 is 0.812 bits per heavy atom. The number of esters is 1. The van der Waals surface area contributed by atoms with Crippen LogP contribution in [0, 0.1) is 29.1 Å². The Morgan fingerprint density at radius 3 is 2.16 bits per heavy atom. The molecule has 0 spiro atoms. The van der Waals surface area contributed by atoms with Gasteiger partial charge < -0.3 is 18.9 Å². The van der Waals surface area contributed by atoms with Gasteiger partial charge >= 0.3 is 5.97 Å². The highest BCUT2D eigenvalue weighted by molar-refractivity contribution is 5.72. The minimum Gasteiger partial charge on any atom is -0.491 e. The van der Waals surface area contributed by atoms with Crippen molar-refractivity contribution >= 4 is 5.97 Å². The second kappa shape index (κ2) is 13.0. The van der Waals surface area contributed by atoms with Crippen molar-refractivity contribution in [1.29, 1.82) is 0 Å². The average Bonchev–Trinajstić information content (AvgIpc) is 2.79. The van der Waals surface area contributed by atoms with E-state index < -0.39 is 47.2 Å². The van der Waals surface area contributed by atoms with Crippen molar-refractivity contribution in [2.24, 2.45) is 0 Å². The maximum absolute atomic E-state index is 13.5. The Morgan fingerprint density at radius 2 is 1.47 bits per heavy atom. The van der Waals surface area contributed by atoms with Crippen LogP contribution in [0.15, 0.2) is 24.3 Å². The fourth-order valence-electron chi connectivity index (χ4n) is 2.54. The molecular formula is C22H23F5O5. The van der Waals surface area contributed by atoms with Crippen LogP contribution in [0.2, 0.25) is 0 Å². The van der Waals surface area contributed by atoms with E-state index in [1.807, 2.05) is 25.1 Å². The SMILES string of the molecule is CCCOCCOc1cccc(CCOCCC(=O)Oc2c(F)c(F)c(F)c(F)c2F)c1. The van der Waals surface area contributed by atoms with Crippen molar-refractivity contribution in [3.8, 4) is 11.5 Å². The van der Waals surface area contributed by atoms with Gasteiger partial charge in [-0.2, -0.15) is 8.78 Å². The molecule has 0 atom stereocenters. The van der Waals surface area contributed by atoms with E-state index in [0.717, 1.165) is 12.0 Å². The molecule has 0 aliphatic rings. The van der Waals surface area contributed by atoms with Crippen molar-refractivity contribution < 1.29 is 45.7 Å². The average molecular weight is 462 g/mol. The van der Waals surface area contributed by atoms with Gasteiger partial charge in [-0.15, -0.1) is 0 Å². The number of rotatable bonds is 13. The van der Waals surface area contributed by atoms with Crippen LogP contribution < -0.4 is 9.47 Å². The van der Waals surface area contributed by atoms with Crippen molar-refractivity contribution in [2.75, 3.05) is 33.0 Å². The highest BCUT2D eigenvalue weighted by Gasteiger charge is 2.28. The van der Waals surface area contributed by atoms with Crippen LogP contribution in [0.25, 0.3) is 0 Å². The number of carbonyl (C=O) groups is 1. The Bertz CT molecular complexity index is 878. The van der Waals surface area contributed by atoms with Gasteiger partial charge in [-0.25, -0.2) is 13.2 Å². The molecule has 0 N–H and O–H groups in total. The number of benzene rings is 2. The molecule has 32 heavy (non-hydrogen) atoms. The summed E-state index contributed by atoms with van der Waals surface area (Å²) >= 11 is 0. The summed E-state index contributed by atoms with van der Waals surface area (Å²) in [4.78, 5) is 11.7. The quantitative estimate of drug-likeness (QED) is 0.108. The van der Waals surface area contributed by atoms with Crippen LogP contribution in [0.3, 0.4) is 0 Å². The Hall–Kier alpha value is -2.72. The number of halogens is 5. The molecule has 0 saturated carbocycles. The first-order chi connectivity index (χ1) is 15.3. The van der Waals surface area contributed by atoms with Gasteiger partial charge in [0.15, 0.2) is 0 Å². The molecule has 0 radical (unpaired) electrons. The molecule has 0 aromatic heterocycles. The summed E-state index contributed by atoms with van der Waals surface area (Å²) in [6, 6.07) is 7.32.